The molecule has 2 N–H and O–H groups in total. The first-order chi connectivity index (χ1) is 7.94. The van der Waals surface area contributed by atoms with Crippen LogP contribution in [0, 0.1) is 12.3 Å². The second-order valence-electron chi connectivity index (χ2n) is 5.65. The second-order valence-corrected chi connectivity index (χ2v) is 6.01. The third kappa shape index (κ3) is 2.36. The van der Waals surface area contributed by atoms with Crippen molar-refractivity contribution < 1.29 is 0 Å². The van der Waals surface area contributed by atoms with E-state index in [2.05, 4.69) is 12.0 Å². The highest BCUT2D eigenvalue weighted by Gasteiger charge is 2.35. The summed E-state index contributed by atoms with van der Waals surface area (Å²) in [6, 6.07) is 0.186. The van der Waals surface area contributed by atoms with Crippen LogP contribution in [-0.2, 0) is 13.5 Å². The topological polar surface area (TPSA) is 43.8 Å². The molecule has 1 unspecified atom stereocenters. The Balaban J connectivity index is 2.15. The van der Waals surface area contributed by atoms with E-state index >= 15 is 0 Å². The van der Waals surface area contributed by atoms with E-state index in [1.807, 2.05) is 14.0 Å². The van der Waals surface area contributed by atoms with Crippen LogP contribution in [0.1, 0.15) is 43.9 Å². The fourth-order valence-corrected chi connectivity index (χ4v) is 3.18. The summed E-state index contributed by atoms with van der Waals surface area (Å²) in [4.78, 5) is 0. The maximum atomic E-state index is 6.40. The lowest BCUT2D eigenvalue weighted by Gasteiger charge is -2.31. The minimum atomic E-state index is 0.186. The second kappa shape index (κ2) is 4.62. The maximum absolute atomic E-state index is 6.40. The lowest BCUT2D eigenvalue weighted by molar-refractivity contribution is 0.260. The van der Waals surface area contributed by atoms with Crippen molar-refractivity contribution in [1.29, 1.82) is 0 Å². The first-order valence-electron chi connectivity index (χ1n) is 6.37. The minimum Gasteiger partial charge on any atom is -0.327 e. The van der Waals surface area contributed by atoms with Crippen LogP contribution in [0.4, 0.5) is 0 Å². The van der Waals surface area contributed by atoms with Gasteiger partial charge < -0.3 is 5.73 Å². The summed E-state index contributed by atoms with van der Waals surface area (Å²) in [5, 5.41) is 5.08. The van der Waals surface area contributed by atoms with Gasteiger partial charge in [-0.3, -0.25) is 4.68 Å². The highest BCUT2D eigenvalue weighted by atomic mass is 35.5. The van der Waals surface area contributed by atoms with Crippen LogP contribution in [-0.4, -0.2) is 15.8 Å². The molecule has 0 radical (unpaired) electrons. The van der Waals surface area contributed by atoms with E-state index in [-0.39, 0.29) is 11.5 Å². The van der Waals surface area contributed by atoms with E-state index in [9.17, 15) is 0 Å². The van der Waals surface area contributed by atoms with Gasteiger partial charge in [0.15, 0.2) is 0 Å². The van der Waals surface area contributed by atoms with Crippen LogP contribution >= 0.6 is 11.6 Å². The van der Waals surface area contributed by atoms with Crippen molar-refractivity contribution in [2.75, 3.05) is 0 Å². The first-order valence-corrected chi connectivity index (χ1v) is 6.75. The van der Waals surface area contributed by atoms with E-state index in [1.54, 1.807) is 4.68 Å². The SMILES string of the molecule is Cc1nn(C)c(Cl)c1CC(N)C1(C)CCCC1. The van der Waals surface area contributed by atoms with Crippen molar-refractivity contribution in [3.8, 4) is 0 Å². The van der Waals surface area contributed by atoms with Crippen molar-refractivity contribution in [3.63, 3.8) is 0 Å². The Kier molecular flexibility index (Phi) is 3.50. The molecule has 96 valence electrons. The number of nitrogens with two attached hydrogens (primary N) is 1. The van der Waals surface area contributed by atoms with Crippen molar-refractivity contribution in [2.24, 2.45) is 18.2 Å². The minimum absolute atomic E-state index is 0.186. The summed E-state index contributed by atoms with van der Waals surface area (Å²) in [5.41, 5.74) is 8.81. The monoisotopic (exact) mass is 255 g/mol. The number of aromatic nitrogens is 2. The van der Waals surface area contributed by atoms with Crippen LogP contribution < -0.4 is 5.73 Å². The van der Waals surface area contributed by atoms with Gasteiger partial charge in [0.25, 0.3) is 0 Å². The summed E-state index contributed by atoms with van der Waals surface area (Å²) >= 11 is 6.26. The zero-order valence-electron chi connectivity index (χ0n) is 11.0. The van der Waals surface area contributed by atoms with E-state index in [4.69, 9.17) is 17.3 Å². The third-order valence-corrected chi connectivity index (χ3v) is 4.81. The molecular weight excluding hydrogens is 234 g/mol. The zero-order valence-corrected chi connectivity index (χ0v) is 11.7. The van der Waals surface area contributed by atoms with Gasteiger partial charge in [-0.15, -0.1) is 0 Å². The molecule has 3 nitrogen and oxygen atoms in total. The third-order valence-electron chi connectivity index (χ3n) is 4.33. The molecule has 1 saturated carbocycles. The predicted octanol–water partition coefficient (Wildman–Crippen LogP) is 2.83. The fourth-order valence-electron chi connectivity index (χ4n) is 2.93. The van der Waals surface area contributed by atoms with Gasteiger partial charge >= 0.3 is 0 Å². The van der Waals surface area contributed by atoms with Crippen molar-refractivity contribution >= 4 is 11.6 Å². The molecule has 4 heteroatoms. The van der Waals surface area contributed by atoms with Crippen molar-refractivity contribution in [3.05, 3.63) is 16.4 Å². The molecule has 0 spiro atoms. The van der Waals surface area contributed by atoms with Crippen LogP contribution in [0.5, 0.6) is 0 Å². The van der Waals surface area contributed by atoms with E-state index < -0.39 is 0 Å². The number of rotatable bonds is 3. The quantitative estimate of drug-likeness (QED) is 0.903. The normalized spacial score (nSPS) is 20.8. The van der Waals surface area contributed by atoms with Crippen LogP contribution in [0.15, 0.2) is 0 Å². The zero-order chi connectivity index (χ0) is 12.6. The summed E-state index contributed by atoms with van der Waals surface area (Å²) in [5.74, 6) is 0. The van der Waals surface area contributed by atoms with Crippen LogP contribution in [0.2, 0.25) is 5.15 Å². The Morgan fingerprint density at radius 3 is 2.53 bits per heavy atom. The van der Waals surface area contributed by atoms with E-state index in [0.717, 1.165) is 22.8 Å². The van der Waals surface area contributed by atoms with Crippen molar-refractivity contribution in [1.82, 2.24) is 9.78 Å². The van der Waals surface area contributed by atoms with Gasteiger partial charge in [0.2, 0.25) is 0 Å². The van der Waals surface area contributed by atoms with Crippen molar-refractivity contribution in [2.45, 2.75) is 52.0 Å². The number of hydrogen-bond acceptors (Lipinski definition) is 2. The molecule has 1 aromatic heterocycles. The molecule has 0 amide bonds. The Morgan fingerprint density at radius 2 is 2.06 bits per heavy atom. The fraction of sp³-hybridized carbons (Fsp3) is 0.769. The van der Waals surface area contributed by atoms with Gasteiger partial charge in [-0.05, 0) is 31.6 Å². The summed E-state index contributed by atoms with van der Waals surface area (Å²) in [6.07, 6.45) is 5.94. The molecule has 0 aliphatic heterocycles. The van der Waals surface area contributed by atoms with E-state index in [1.165, 1.54) is 25.7 Å². The predicted molar refractivity (Wildman–Crippen MR) is 71.2 cm³/mol. The van der Waals surface area contributed by atoms with Gasteiger partial charge in [0.1, 0.15) is 5.15 Å². The molecule has 0 saturated heterocycles. The average molecular weight is 256 g/mol. The standard InChI is InChI=1S/C13H22ClN3/c1-9-10(12(14)17(3)16-9)8-11(15)13(2)6-4-5-7-13/h11H,4-8,15H2,1-3H3. The van der Waals surface area contributed by atoms with Gasteiger partial charge in [0.05, 0.1) is 5.69 Å². The highest BCUT2D eigenvalue weighted by molar-refractivity contribution is 6.30. The Morgan fingerprint density at radius 1 is 1.47 bits per heavy atom. The molecule has 1 aliphatic rings. The first kappa shape index (κ1) is 12.9. The van der Waals surface area contributed by atoms with Gasteiger partial charge in [-0.2, -0.15) is 5.10 Å². The van der Waals surface area contributed by atoms with Gasteiger partial charge in [-0.1, -0.05) is 31.4 Å². The molecule has 17 heavy (non-hydrogen) atoms. The molecule has 1 aromatic rings. The lowest BCUT2D eigenvalue weighted by atomic mass is 9.78. The van der Waals surface area contributed by atoms with Gasteiger partial charge in [-0.25, -0.2) is 0 Å². The van der Waals surface area contributed by atoms with Gasteiger partial charge in [0, 0.05) is 18.7 Å². The Labute approximate surface area is 108 Å². The van der Waals surface area contributed by atoms with Crippen LogP contribution in [0.3, 0.4) is 0 Å². The summed E-state index contributed by atoms with van der Waals surface area (Å²) in [6.45, 7) is 4.31. The molecular formula is C13H22ClN3. The molecule has 2 rings (SSSR count). The largest absolute Gasteiger partial charge is 0.327 e. The molecule has 1 heterocycles. The lowest BCUT2D eigenvalue weighted by Crippen LogP contribution is -2.39. The van der Waals surface area contributed by atoms with E-state index in [0.29, 0.717) is 0 Å². The molecule has 1 fully saturated rings. The number of hydrogen-bond donors (Lipinski definition) is 1. The number of halogens is 1. The molecule has 1 atom stereocenters. The number of aryl methyl sites for hydroxylation is 2. The molecule has 1 aliphatic carbocycles. The summed E-state index contributed by atoms with van der Waals surface area (Å²) < 4.78 is 1.73. The molecule has 0 aromatic carbocycles. The Bertz CT molecular complexity index is 405. The number of nitrogens with zero attached hydrogens (tertiary/aromatic N) is 2. The highest BCUT2D eigenvalue weighted by Crippen LogP contribution is 2.41. The maximum Gasteiger partial charge on any atom is 0.130 e. The Hall–Kier alpha value is -0.540. The van der Waals surface area contributed by atoms with Crippen LogP contribution in [0.25, 0.3) is 0 Å². The molecule has 0 bridgehead atoms. The average Bonchev–Trinajstić information content (AvgIpc) is 2.80. The smallest absolute Gasteiger partial charge is 0.130 e. The summed E-state index contributed by atoms with van der Waals surface area (Å²) in [7, 11) is 1.88.